The van der Waals surface area contributed by atoms with Crippen LogP contribution in [-0.4, -0.2) is 18.0 Å². The molecule has 0 aromatic heterocycles. The Hall–Kier alpha value is -1.33. The zero-order valence-corrected chi connectivity index (χ0v) is 9.65. The van der Waals surface area contributed by atoms with Gasteiger partial charge in [-0.1, -0.05) is 24.3 Å². The number of nitriles is 1. The highest BCUT2D eigenvalue weighted by molar-refractivity contribution is 5.28. The monoisotopic (exact) mass is 214 g/mol. The zero-order valence-electron chi connectivity index (χ0n) is 9.65. The fraction of sp³-hybridized carbons (Fsp3) is 0.500. The summed E-state index contributed by atoms with van der Waals surface area (Å²) in [5.74, 6) is 0. The molecule has 2 rings (SSSR count). The summed E-state index contributed by atoms with van der Waals surface area (Å²) in [4.78, 5) is 2.50. The summed E-state index contributed by atoms with van der Waals surface area (Å²) in [6, 6.07) is 10.9. The molecule has 0 bridgehead atoms. The maximum absolute atomic E-state index is 8.47. The van der Waals surface area contributed by atoms with Crippen LogP contribution in [0.3, 0.4) is 0 Å². The molecule has 84 valence electrons. The van der Waals surface area contributed by atoms with Crippen LogP contribution in [0.1, 0.15) is 30.4 Å². The molecule has 0 saturated heterocycles. The first-order valence-electron chi connectivity index (χ1n) is 6.06. The zero-order chi connectivity index (χ0) is 11.2. The summed E-state index contributed by atoms with van der Waals surface area (Å²) in [5.41, 5.74) is 2.99. The van der Waals surface area contributed by atoms with E-state index in [0.29, 0.717) is 6.42 Å². The molecule has 0 radical (unpaired) electrons. The van der Waals surface area contributed by atoms with Crippen molar-refractivity contribution in [3.05, 3.63) is 35.4 Å². The first-order valence-corrected chi connectivity index (χ1v) is 6.06. The van der Waals surface area contributed by atoms with Crippen molar-refractivity contribution >= 4 is 0 Å². The fourth-order valence-corrected chi connectivity index (χ4v) is 2.28. The molecule has 0 spiro atoms. The van der Waals surface area contributed by atoms with Gasteiger partial charge in [-0.05, 0) is 36.9 Å². The van der Waals surface area contributed by atoms with Crippen molar-refractivity contribution in [1.29, 1.82) is 5.26 Å². The largest absolute Gasteiger partial charge is 0.299 e. The molecule has 1 aromatic carbocycles. The van der Waals surface area contributed by atoms with Gasteiger partial charge < -0.3 is 0 Å². The van der Waals surface area contributed by atoms with Gasteiger partial charge in [-0.2, -0.15) is 5.26 Å². The molecule has 2 heteroatoms. The number of hydrogen-bond acceptors (Lipinski definition) is 2. The van der Waals surface area contributed by atoms with Crippen LogP contribution < -0.4 is 0 Å². The minimum absolute atomic E-state index is 0.699. The molecule has 0 amide bonds. The smallest absolute Gasteiger partial charge is 0.0621 e. The Balaban J connectivity index is 1.82. The van der Waals surface area contributed by atoms with E-state index in [4.69, 9.17) is 5.26 Å². The molecule has 0 unspecified atom stereocenters. The first kappa shape index (κ1) is 11.2. The van der Waals surface area contributed by atoms with Gasteiger partial charge in [0.2, 0.25) is 0 Å². The summed E-state index contributed by atoms with van der Waals surface area (Å²) in [5, 5.41) is 8.47. The predicted octanol–water partition coefficient (Wildman–Crippen LogP) is 2.74. The molecular formula is C14H18N2. The van der Waals surface area contributed by atoms with Crippen molar-refractivity contribution in [2.45, 2.75) is 32.2 Å². The highest BCUT2D eigenvalue weighted by Crippen LogP contribution is 2.18. The van der Waals surface area contributed by atoms with Gasteiger partial charge in [0, 0.05) is 19.5 Å². The third-order valence-corrected chi connectivity index (χ3v) is 3.22. The van der Waals surface area contributed by atoms with Gasteiger partial charge >= 0.3 is 0 Å². The van der Waals surface area contributed by atoms with Gasteiger partial charge in [0.05, 0.1) is 6.07 Å². The molecule has 1 heterocycles. The number of rotatable bonds is 4. The third kappa shape index (κ3) is 2.84. The number of benzene rings is 1. The molecule has 0 atom stereocenters. The normalized spacial score (nSPS) is 15.4. The Bertz CT molecular complexity index is 379. The standard InChI is InChI=1S/C14H18N2/c15-9-4-1-5-10-16-11-8-13-6-2-3-7-14(13)12-16/h2-3,6-7H,1,4-5,8,10-12H2. The molecule has 2 nitrogen and oxygen atoms in total. The van der Waals surface area contributed by atoms with E-state index >= 15 is 0 Å². The lowest BCUT2D eigenvalue weighted by Gasteiger charge is -2.28. The van der Waals surface area contributed by atoms with Crippen molar-refractivity contribution in [3.8, 4) is 6.07 Å². The van der Waals surface area contributed by atoms with Crippen LogP contribution in [0.2, 0.25) is 0 Å². The van der Waals surface area contributed by atoms with E-state index < -0.39 is 0 Å². The molecule has 1 aliphatic rings. The summed E-state index contributed by atoms with van der Waals surface area (Å²) < 4.78 is 0. The van der Waals surface area contributed by atoms with Crippen LogP contribution in [-0.2, 0) is 13.0 Å². The van der Waals surface area contributed by atoms with Crippen molar-refractivity contribution in [1.82, 2.24) is 4.90 Å². The molecule has 0 N–H and O–H groups in total. The maximum atomic E-state index is 8.47. The van der Waals surface area contributed by atoms with E-state index in [2.05, 4.69) is 35.2 Å². The SMILES string of the molecule is N#CCCCCN1CCc2ccccc2C1. The lowest BCUT2D eigenvalue weighted by Crippen LogP contribution is -2.31. The summed E-state index contributed by atoms with van der Waals surface area (Å²) in [6.45, 7) is 3.39. The van der Waals surface area contributed by atoms with Gasteiger partial charge in [-0.15, -0.1) is 0 Å². The van der Waals surface area contributed by atoms with Gasteiger partial charge in [0.15, 0.2) is 0 Å². The number of unbranched alkanes of at least 4 members (excludes halogenated alkanes) is 2. The average molecular weight is 214 g/mol. The second-order valence-electron chi connectivity index (χ2n) is 4.41. The van der Waals surface area contributed by atoms with E-state index in [9.17, 15) is 0 Å². The van der Waals surface area contributed by atoms with Crippen LogP contribution in [0, 0.1) is 11.3 Å². The molecular weight excluding hydrogens is 196 g/mol. The van der Waals surface area contributed by atoms with Crippen LogP contribution in [0.4, 0.5) is 0 Å². The lowest BCUT2D eigenvalue weighted by atomic mass is 10.00. The van der Waals surface area contributed by atoms with Crippen molar-refractivity contribution < 1.29 is 0 Å². The van der Waals surface area contributed by atoms with E-state index in [-0.39, 0.29) is 0 Å². The highest BCUT2D eigenvalue weighted by atomic mass is 15.1. The highest BCUT2D eigenvalue weighted by Gasteiger charge is 2.14. The van der Waals surface area contributed by atoms with E-state index in [1.54, 1.807) is 0 Å². The number of nitrogens with zero attached hydrogens (tertiary/aromatic N) is 2. The second-order valence-corrected chi connectivity index (χ2v) is 4.41. The Morgan fingerprint density at radius 2 is 2.00 bits per heavy atom. The van der Waals surface area contributed by atoms with Gasteiger partial charge in [-0.3, -0.25) is 4.90 Å². The summed E-state index contributed by atoms with van der Waals surface area (Å²) in [7, 11) is 0. The Kier molecular flexibility index (Phi) is 3.96. The Labute approximate surface area is 97.5 Å². The third-order valence-electron chi connectivity index (χ3n) is 3.22. The topological polar surface area (TPSA) is 27.0 Å². The number of fused-ring (bicyclic) bond motifs is 1. The van der Waals surface area contributed by atoms with Crippen LogP contribution >= 0.6 is 0 Å². The minimum atomic E-state index is 0.699. The van der Waals surface area contributed by atoms with Crippen LogP contribution in [0.25, 0.3) is 0 Å². The van der Waals surface area contributed by atoms with Gasteiger partial charge in [0.25, 0.3) is 0 Å². The van der Waals surface area contributed by atoms with Crippen LogP contribution in [0.15, 0.2) is 24.3 Å². The Morgan fingerprint density at radius 1 is 1.19 bits per heavy atom. The molecule has 0 aliphatic carbocycles. The number of hydrogen-bond donors (Lipinski definition) is 0. The molecule has 1 aromatic rings. The van der Waals surface area contributed by atoms with Crippen molar-refractivity contribution in [3.63, 3.8) is 0 Å². The maximum Gasteiger partial charge on any atom is 0.0621 e. The first-order chi connectivity index (χ1) is 7.90. The van der Waals surface area contributed by atoms with E-state index in [0.717, 1.165) is 25.9 Å². The predicted molar refractivity (Wildman–Crippen MR) is 64.9 cm³/mol. The quantitative estimate of drug-likeness (QED) is 0.721. The van der Waals surface area contributed by atoms with Crippen molar-refractivity contribution in [2.75, 3.05) is 13.1 Å². The fourth-order valence-electron chi connectivity index (χ4n) is 2.28. The van der Waals surface area contributed by atoms with E-state index in [1.807, 2.05) is 0 Å². The lowest BCUT2D eigenvalue weighted by molar-refractivity contribution is 0.249. The molecule has 0 saturated carbocycles. The molecule has 16 heavy (non-hydrogen) atoms. The summed E-state index contributed by atoms with van der Waals surface area (Å²) in [6.07, 6.45) is 4.06. The van der Waals surface area contributed by atoms with Gasteiger partial charge in [0.1, 0.15) is 0 Å². The van der Waals surface area contributed by atoms with Gasteiger partial charge in [-0.25, -0.2) is 0 Å². The second kappa shape index (κ2) is 5.67. The minimum Gasteiger partial charge on any atom is -0.299 e. The van der Waals surface area contributed by atoms with E-state index in [1.165, 1.54) is 24.1 Å². The Morgan fingerprint density at radius 3 is 2.81 bits per heavy atom. The summed E-state index contributed by atoms with van der Waals surface area (Å²) >= 11 is 0. The van der Waals surface area contributed by atoms with Crippen molar-refractivity contribution in [2.24, 2.45) is 0 Å². The van der Waals surface area contributed by atoms with Crippen LogP contribution in [0.5, 0.6) is 0 Å². The average Bonchev–Trinajstić information content (AvgIpc) is 2.34. The molecule has 1 aliphatic heterocycles. The molecule has 0 fully saturated rings.